The van der Waals surface area contributed by atoms with Crippen LogP contribution in [0.1, 0.15) is 20.3 Å². The third-order valence-corrected chi connectivity index (χ3v) is 0.615. The van der Waals surface area contributed by atoms with Gasteiger partial charge in [0.25, 0.3) is 0 Å². The van der Waals surface area contributed by atoms with Crippen LogP contribution in [0.15, 0.2) is 12.7 Å². The summed E-state index contributed by atoms with van der Waals surface area (Å²) in [5.41, 5.74) is 0. The van der Waals surface area contributed by atoms with E-state index in [9.17, 15) is 4.79 Å². The summed E-state index contributed by atoms with van der Waals surface area (Å²) in [5, 5.41) is 0. The van der Waals surface area contributed by atoms with Gasteiger partial charge in [-0.3, -0.25) is 4.79 Å². The Morgan fingerprint density at radius 3 is 1.80 bits per heavy atom. The summed E-state index contributed by atoms with van der Waals surface area (Å²) in [6.07, 6.45) is 2.53. The van der Waals surface area contributed by atoms with Crippen molar-refractivity contribution in [1.29, 1.82) is 0 Å². The summed E-state index contributed by atoms with van der Waals surface area (Å²) in [6, 6.07) is 0. The van der Waals surface area contributed by atoms with E-state index in [4.69, 9.17) is 0 Å². The first-order valence-corrected chi connectivity index (χ1v) is 3.43. The molecule has 0 aliphatic carbocycles. The maximum Gasteiger partial charge on any atom is 0.245 e. The number of hydrogen-bond donors (Lipinski definition) is 0. The molecule has 0 aliphatic rings. The Morgan fingerprint density at radius 2 is 1.80 bits per heavy atom. The van der Waals surface area contributed by atoms with Crippen LogP contribution in [0.3, 0.4) is 0 Å². The van der Waals surface area contributed by atoms with Crippen LogP contribution < -0.4 is 0 Å². The van der Waals surface area contributed by atoms with E-state index in [0.29, 0.717) is 0 Å². The zero-order chi connectivity index (χ0) is 8.57. The molecule has 0 aromatic carbocycles. The largest absolute Gasteiger partial charge is 0.345 e. The number of likely N-dealkylation sites (N-methyl/N-ethyl adjacent to an activating group) is 1. The summed E-state index contributed by atoms with van der Waals surface area (Å²) in [6.45, 7) is 7.54. The number of rotatable bonds is 1. The fourth-order valence-corrected chi connectivity index (χ4v) is 0.183. The SMILES string of the molecule is C=CC(=O)N(C)C.CCC. The van der Waals surface area contributed by atoms with Crippen LogP contribution in [0.5, 0.6) is 0 Å². The molecule has 0 fully saturated rings. The molecule has 0 radical (unpaired) electrons. The molecule has 10 heavy (non-hydrogen) atoms. The summed E-state index contributed by atoms with van der Waals surface area (Å²) in [4.78, 5) is 11.8. The lowest BCUT2D eigenvalue weighted by Crippen LogP contribution is -2.18. The van der Waals surface area contributed by atoms with Crippen LogP contribution in [0.4, 0.5) is 0 Å². The predicted octanol–water partition coefficient (Wildman–Crippen LogP) is 1.68. The molecule has 1 amide bonds. The van der Waals surface area contributed by atoms with Gasteiger partial charge in [0.1, 0.15) is 0 Å². The van der Waals surface area contributed by atoms with Crippen LogP contribution in [-0.2, 0) is 4.79 Å². The Kier molecular flexibility index (Phi) is 9.80. The number of hydrogen-bond acceptors (Lipinski definition) is 1. The molecule has 0 heterocycles. The molecule has 0 unspecified atom stereocenters. The van der Waals surface area contributed by atoms with Crippen molar-refractivity contribution in [1.82, 2.24) is 4.90 Å². The highest BCUT2D eigenvalue weighted by atomic mass is 16.2. The van der Waals surface area contributed by atoms with Crippen molar-refractivity contribution in [2.24, 2.45) is 0 Å². The van der Waals surface area contributed by atoms with Gasteiger partial charge >= 0.3 is 0 Å². The van der Waals surface area contributed by atoms with Crippen LogP contribution in [0.25, 0.3) is 0 Å². The molecule has 0 aromatic rings. The lowest BCUT2D eigenvalue weighted by atomic mass is 10.5. The van der Waals surface area contributed by atoms with Crippen molar-refractivity contribution in [3.8, 4) is 0 Å². The molecular weight excluding hydrogens is 126 g/mol. The quantitative estimate of drug-likeness (QED) is 0.511. The minimum Gasteiger partial charge on any atom is -0.345 e. The van der Waals surface area contributed by atoms with Gasteiger partial charge in [-0.1, -0.05) is 26.8 Å². The van der Waals surface area contributed by atoms with Gasteiger partial charge in [0.05, 0.1) is 0 Å². The maximum atomic E-state index is 10.3. The Labute approximate surface area is 63.5 Å². The van der Waals surface area contributed by atoms with Crippen LogP contribution in [-0.4, -0.2) is 24.9 Å². The molecule has 0 atom stereocenters. The van der Waals surface area contributed by atoms with E-state index >= 15 is 0 Å². The van der Waals surface area contributed by atoms with Crippen molar-refractivity contribution >= 4 is 5.91 Å². The number of amides is 1. The van der Waals surface area contributed by atoms with E-state index in [2.05, 4.69) is 20.4 Å². The molecule has 0 N–H and O–H groups in total. The van der Waals surface area contributed by atoms with Gasteiger partial charge in [-0.15, -0.1) is 0 Å². The molecule has 0 saturated heterocycles. The van der Waals surface area contributed by atoms with Crippen molar-refractivity contribution in [3.05, 3.63) is 12.7 Å². The van der Waals surface area contributed by atoms with Gasteiger partial charge in [0.15, 0.2) is 0 Å². The van der Waals surface area contributed by atoms with Crippen molar-refractivity contribution in [2.75, 3.05) is 14.1 Å². The molecule has 2 heteroatoms. The van der Waals surface area contributed by atoms with E-state index < -0.39 is 0 Å². The Balaban J connectivity index is 0. The van der Waals surface area contributed by atoms with Crippen LogP contribution >= 0.6 is 0 Å². The molecule has 60 valence electrons. The van der Waals surface area contributed by atoms with E-state index in [0.717, 1.165) is 0 Å². The molecule has 0 aromatic heterocycles. The standard InChI is InChI=1S/C5H9NO.C3H8/c1-4-5(7)6(2)3;1-3-2/h4H,1H2,2-3H3;3H2,1-2H3. The lowest BCUT2D eigenvalue weighted by Gasteiger charge is -2.03. The minimum absolute atomic E-state index is 0.0556. The van der Waals surface area contributed by atoms with Gasteiger partial charge in [0.2, 0.25) is 5.91 Å². The highest BCUT2D eigenvalue weighted by Crippen LogP contribution is 1.74. The number of carbonyl (C=O) groups is 1. The van der Waals surface area contributed by atoms with Crippen LogP contribution in [0.2, 0.25) is 0 Å². The van der Waals surface area contributed by atoms with E-state index in [1.54, 1.807) is 14.1 Å². The van der Waals surface area contributed by atoms with E-state index in [-0.39, 0.29) is 5.91 Å². The minimum atomic E-state index is -0.0556. The topological polar surface area (TPSA) is 20.3 Å². The zero-order valence-corrected chi connectivity index (χ0v) is 7.35. The second-order valence-corrected chi connectivity index (χ2v) is 2.14. The fraction of sp³-hybridized carbons (Fsp3) is 0.625. The third kappa shape index (κ3) is 10.2. The molecule has 0 bridgehead atoms. The second kappa shape index (κ2) is 8.21. The lowest BCUT2D eigenvalue weighted by molar-refractivity contribution is -0.123. The number of carbonyl (C=O) groups excluding carboxylic acids is 1. The first-order chi connectivity index (χ1) is 4.59. The first-order valence-electron chi connectivity index (χ1n) is 3.43. The van der Waals surface area contributed by atoms with Gasteiger partial charge in [0, 0.05) is 14.1 Å². The zero-order valence-electron chi connectivity index (χ0n) is 7.35. The highest BCUT2D eigenvalue weighted by Gasteiger charge is 1.91. The van der Waals surface area contributed by atoms with Gasteiger partial charge in [-0.05, 0) is 6.08 Å². The highest BCUT2D eigenvalue weighted by molar-refractivity contribution is 5.86. The van der Waals surface area contributed by atoms with E-state index in [1.807, 2.05) is 0 Å². The maximum absolute atomic E-state index is 10.3. The Hall–Kier alpha value is -0.790. The fourth-order valence-electron chi connectivity index (χ4n) is 0.183. The van der Waals surface area contributed by atoms with Gasteiger partial charge < -0.3 is 4.90 Å². The smallest absolute Gasteiger partial charge is 0.245 e. The van der Waals surface area contributed by atoms with Crippen molar-refractivity contribution < 1.29 is 4.79 Å². The molecule has 0 aliphatic heterocycles. The summed E-state index contributed by atoms with van der Waals surface area (Å²) in [7, 11) is 3.37. The number of nitrogens with zero attached hydrogens (tertiary/aromatic N) is 1. The van der Waals surface area contributed by atoms with Crippen LogP contribution in [0, 0.1) is 0 Å². The second-order valence-electron chi connectivity index (χ2n) is 2.14. The average molecular weight is 143 g/mol. The Morgan fingerprint density at radius 1 is 1.50 bits per heavy atom. The summed E-state index contributed by atoms with van der Waals surface area (Å²) >= 11 is 0. The average Bonchev–Trinajstić information content (AvgIpc) is 1.88. The normalized spacial score (nSPS) is 7.20. The first kappa shape index (κ1) is 11.9. The van der Waals surface area contributed by atoms with E-state index in [1.165, 1.54) is 17.4 Å². The summed E-state index contributed by atoms with van der Waals surface area (Å²) in [5.74, 6) is -0.0556. The predicted molar refractivity (Wildman–Crippen MR) is 44.9 cm³/mol. The Bertz CT molecular complexity index is 97.4. The molecular formula is C8H17NO. The summed E-state index contributed by atoms with van der Waals surface area (Å²) < 4.78 is 0. The van der Waals surface area contributed by atoms with Gasteiger partial charge in [-0.2, -0.15) is 0 Å². The molecule has 0 spiro atoms. The third-order valence-electron chi connectivity index (χ3n) is 0.615. The molecule has 2 nitrogen and oxygen atoms in total. The molecule has 0 rings (SSSR count). The molecule has 0 saturated carbocycles. The monoisotopic (exact) mass is 143 g/mol. The van der Waals surface area contributed by atoms with Crippen molar-refractivity contribution in [3.63, 3.8) is 0 Å². The van der Waals surface area contributed by atoms with Gasteiger partial charge in [-0.25, -0.2) is 0 Å². The van der Waals surface area contributed by atoms with Crippen molar-refractivity contribution in [2.45, 2.75) is 20.3 Å².